The fourth-order valence-corrected chi connectivity index (χ4v) is 2.91. The molecule has 0 saturated carbocycles. The van der Waals surface area contributed by atoms with E-state index in [1.54, 1.807) is 6.07 Å². The van der Waals surface area contributed by atoms with Crippen LogP contribution >= 0.6 is 0 Å². The molecule has 0 bridgehead atoms. The van der Waals surface area contributed by atoms with E-state index in [0.29, 0.717) is 22.2 Å². The van der Waals surface area contributed by atoms with Crippen LogP contribution in [0.25, 0.3) is 22.2 Å². The van der Waals surface area contributed by atoms with Gasteiger partial charge in [0, 0.05) is 0 Å². The first-order valence-electron chi connectivity index (χ1n) is 7.87. The largest absolute Gasteiger partial charge is 0.443 e. The average Bonchev–Trinajstić information content (AvgIpc) is 3.08. The van der Waals surface area contributed by atoms with Gasteiger partial charge in [-0.2, -0.15) is 13.2 Å². The van der Waals surface area contributed by atoms with Crippen LogP contribution in [-0.2, 0) is 0 Å². The molecular weight excluding hydrogens is 303 g/mol. The second-order valence-electron chi connectivity index (χ2n) is 5.78. The average molecular weight is 321 g/mol. The summed E-state index contributed by atoms with van der Waals surface area (Å²) in [6, 6.07) is 3.12. The summed E-state index contributed by atoms with van der Waals surface area (Å²) in [5.41, 5.74) is 1.76. The van der Waals surface area contributed by atoms with Crippen LogP contribution in [0.4, 0.5) is 13.2 Å². The molecule has 1 aromatic carbocycles. The molecule has 0 fully saturated rings. The predicted molar refractivity (Wildman–Crippen MR) is 84.8 cm³/mol. The lowest BCUT2D eigenvalue weighted by molar-refractivity contribution is -0.0687. The maximum absolute atomic E-state index is 13.3. The molecule has 23 heavy (non-hydrogen) atoms. The minimum atomic E-state index is -4.37. The van der Waals surface area contributed by atoms with Gasteiger partial charge in [0.25, 0.3) is 0 Å². The van der Waals surface area contributed by atoms with Crippen molar-refractivity contribution in [1.82, 2.24) is 4.98 Å². The third-order valence-corrected chi connectivity index (χ3v) is 4.10. The summed E-state index contributed by atoms with van der Waals surface area (Å²) in [6.45, 7) is 2.13. The van der Waals surface area contributed by atoms with E-state index >= 15 is 0 Å². The molecule has 0 spiro atoms. The van der Waals surface area contributed by atoms with Crippen molar-refractivity contribution in [2.75, 3.05) is 0 Å². The molecule has 0 radical (unpaired) electrons. The molecule has 0 amide bonds. The van der Waals surface area contributed by atoms with E-state index in [1.165, 1.54) is 18.5 Å². The Morgan fingerprint density at radius 1 is 1.13 bits per heavy atom. The maximum Gasteiger partial charge on any atom is 0.417 e. The first-order valence-corrected chi connectivity index (χ1v) is 7.87. The van der Waals surface area contributed by atoms with E-state index in [4.69, 9.17) is 4.42 Å². The Morgan fingerprint density at radius 2 is 1.96 bits per heavy atom. The monoisotopic (exact) mass is 321 g/mol. The van der Waals surface area contributed by atoms with Gasteiger partial charge >= 0.3 is 6.18 Å². The van der Waals surface area contributed by atoms with Crippen LogP contribution < -0.4 is 0 Å². The van der Waals surface area contributed by atoms with E-state index in [2.05, 4.69) is 11.9 Å². The van der Waals surface area contributed by atoms with Crippen LogP contribution in [0.3, 0.4) is 0 Å². The number of aromatic nitrogens is 1. The molecule has 0 atom stereocenters. The molecule has 0 aliphatic heterocycles. The predicted octanol–water partition coefficient (Wildman–Crippen LogP) is 6.14. The van der Waals surface area contributed by atoms with Gasteiger partial charge in [0.2, 0.25) is 0 Å². The van der Waals surface area contributed by atoms with Crippen LogP contribution in [-0.4, -0.2) is 11.2 Å². The highest BCUT2D eigenvalue weighted by Gasteiger charge is 2.39. The number of unbranched alkanes of at least 4 members (excludes halogenated alkanes) is 4. The van der Waals surface area contributed by atoms with E-state index in [1.807, 2.05) is 6.08 Å². The highest BCUT2D eigenvalue weighted by Crippen LogP contribution is 2.45. The Hall–Kier alpha value is -2.04. The quantitative estimate of drug-likeness (QED) is 0.618. The van der Waals surface area contributed by atoms with Gasteiger partial charge in [-0.05, 0) is 47.8 Å². The van der Waals surface area contributed by atoms with Crippen LogP contribution in [0, 0.1) is 0 Å². The number of allylic oxidation sites excluding steroid dienone is 4. The van der Waals surface area contributed by atoms with E-state index in [-0.39, 0.29) is 5.56 Å². The number of nitrogens with zero attached hydrogens (tertiary/aromatic N) is 1. The van der Waals surface area contributed by atoms with Crippen molar-refractivity contribution in [2.45, 2.75) is 45.2 Å². The highest BCUT2D eigenvalue weighted by atomic mass is 19.4. The molecule has 1 aliphatic rings. The molecular formula is C18H18F3NO. The Kier molecular flexibility index (Phi) is 4.28. The minimum Gasteiger partial charge on any atom is -0.443 e. The van der Waals surface area contributed by atoms with E-state index < -0.39 is 11.7 Å². The first kappa shape index (κ1) is 15.8. The molecule has 2 nitrogen and oxygen atoms in total. The summed E-state index contributed by atoms with van der Waals surface area (Å²) >= 11 is 0. The molecule has 3 rings (SSSR count). The van der Waals surface area contributed by atoms with Crippen molar-refractivity contribution in [3.8, 4) is 0 Å². The molecule has 0 N–H and O–H groups in total. The zero-order valence-electron chi connectivity index (χ0n) is 12.9. The molecule has 1 aliphatic carbocycles. The first-order chi connectivity index (χ1) is 11.0. The number of alkyl halides is 3. The van der Waals surface area contributed by atoms with Crippen molar-refractivity contribution >= 4 is 22.2 Å². The van der Waals surface area contributed by atoms with Crippen molar-refractivity contribution in [1.29, 1.82) is 0 Å². The Labute approximate surface area is 132 Å². The zero-order chi connectivity index (χ0) is 16.4. The Morgan fingerprint density at radius 3 is 2.70 bits per heavy atom. The van der Waals surface area contributed by atoms with Crippen LogP contribution in [0.2, 0.25) is 0 Å². The van der Waals surface area contributed by atoms with Crippen LogP contribution in [0.15, 0.2) is 35.1 Å². The number of benzene rings is 1. The number of hydrogen-bond acceptors (Lipinski definition) is 2. The lowest BCUT2D eigenvalue weighted by atomic mass is 10.0. The minimum absolute atomic E-state index is 0.182. The third kappa shape index (κ3) is 3.19. The second-order valence-corrected chi connectivity index (χ2v) is 5.78. The standard InChI is InChI=1S/C18H18F3NO/c1-2-3-4-5-6-7-12-8-15(18(19,20)21)14-10-17-16(9-13(12)14)22-11-23-17/h7-11H,2-6H2,1H3/b12-7+. The fraction of sp³-hybridized carbons (Fsp3) is 0.389. The molecule has 0 unspecified atom stereocenters. The summed E-state index contributed by atoms with van der Waals surface area (Å²) in [4.78, 5) is 4.04. The van der Waals surface area contributed by atoms with Crippen molar-refractivity contribution in [2.24, 2.45) is 0 Å². The van der Waals surface area contributed by atoms with Gasteiger partial charge in [0.15, 0.2) is 12.0 Å². The zero-order valence-corrected chi connectivity index (χ0v) is 12.9. The van der Waals surface area contributed by atoms with Gasteiger partial charge < -0.3 is 4.42 Å². The molecule has 1 aromatic heterocycles. The molecule has 0 saturated heterocycles. The maximum atomic E-state index is 13.3. The van der Waals surface area contributed by atoms with Crippen molar-refractivity contribution in [3.63, 3.8) is 0 Å². The molecule has 2 aromatic rings. The number of hydrogen-bond donors (Lipinski definition) is 0. The van der Waals surface area contributed by atoms with Gasteiger partial charge in [0.1, 0.15) is 5.52 Å². The topological polar surface area (TPSA) is 26.0 Å². The number of halogens is 3. The Bertz CT molecular complexity index is 768. The number of fused-ring (bicyclic) bond motifs is 2. The summed E-state index contributed by atoms with van der Waals surface area (Å²) in [7, 11) is 0. The summed E-state index contributed by atoms with van der Waals surface area (Å²) in [6.07, 6.45) is 5.20. The smallest absolute Gasteiger partial charge is 0.417 e. The normalized spacial score (nSPS) is 16.2. The SMILES string of the molecule is CCCCCC/C=C1\C=C(C(F)(F)F)c2cc3ocnc3cc21. The fourth-order valence-electron chi connectivity index (χ4n) is 2.91. The van der Waals surface area contributed by atoms with Gasteiger partial charge in [0.05, 0.1) is 5.57 Å². The number of oxazole rings is 1. The van der Waals surface area contributed by atoms with Gasteiger partial charge in [-0.1, -0.05) is 32.3 Å². The van der Waals surface area contributed by atoms with Crippen molar-refractivity contribution < 1.29 is 17.6 Å². The molecule has 122 valence electrons. The highest BCUT2D eigenvalue weighted by molar-refractivity contribution is 6.00. The lowest BCUT2D eigenvalue weighted by Crippen LogP contribution is -2.09. The molecule has 5 heteroatoms. The number of rotatable bonds is 5. The van der Waals surface area contributed by atoms with Crippen LogP contribution in [0.1, 0.15) is 50.2 Å². The van der Waals surface area contributed by atoms with E-state index in [9.17, 15) is 13.2 Å². The lowest BCUT2D eigenvalue weighted by Gasteiger charge is -2.09. The third-order valence-electron chi connectivity index (χ3n) is 4.10. The van der Waals surface area contributed by atoms with Gasteiger partial charge in [-0.25, -0.2) is 4.98 Å². The summed E-state index contributed by atoms with van der Waals surface area (Å²) in [5, 5.41) is 0. The Balaban J connectivity index is 1.95. The second kappa shape index (κ2) is 6.22. The summed E-state index contributed by atoms with van der Waals surface area (Å²) < 4.78 is 45.0. The van der Waals surface area contributed by atoms with Gasteiger partial charge in [-0.3, -0.25) is 0 Å². The molecule has 1 heterocycles. The van der Waals surface area contributed by atoms with Crippen molar-refractivity contribution in [3.05, 3.63) is 41.8 Å². The van der Waals surface area contributed by atoms with Crippen LogP contribution in [0.5, 0.6) is 0 Å². The van der Waals surface area contributed by atoms with E-state index in [0.717, 1.165) is 32.1 Å². The summed E-state index contributed by atoms with van der Waals surface area (Å²) in [5.74, 6) is 0. The van der Waals surface area contributed by atoms with Gasteiger partial charge in [-0.15, -0.1) is 0 Å².